The lowest BCUT2D eigenvalue weighted by atomic mass is 10.1. The first-order chi connectivity index (χ1) is 9.25. The fraction of sp³-hybridized carbons (Fsp3) is 0.294. The van der Waals surface area contributed by atoms with Gasteiger partial charge in [-0.15, -0.1) is 0 Å². The summed E-state index contributed by atoms with van der Waals surface area (Å²) in [6, 6.07) is 15.3. The molecular formula is C17H20N2. The van der Waals surface area contributed by atoms with Crippen LogP contribution in [0.1, 0.15) is 11.1 Å². The highest BCUT2D eigenvalue weighted by Gasteiger charge is 2.19. The maximum atomic E-state index is 3.57. The Labute approximate surface area is 115 Å². The van der Waals surface area contributed by atoms with Crippen molar-refractivity contribution in [1.29, 1.82) is 0 Å². The van der Waals surface area contributed by atoms with Gasteiger partial charge in [-0.2, -0.15) is 0 Å². The molecule has 0 heterocycles. The van der Waals surface area contributed by atoms with Crippen LogP contribution in [0.15, 0.2) is 42.5 Å². The summed E-state index contributed by atoms with van der Waals surface area (Å²) < 4.78 is 0. The quantitative estimate of drug-likeness (QED) is 0.767. The van der Waals surface area contributed by atoms with Gasteiger partial charge in [0, 0.05) is 25.2 Å². The maximum Gasteiger partial charge on any atom is 0.0382 e. The van der Waals surface area contributed by atoms with E-state index in [1.54, 1.807) is 0 Å². The van der Waals surface area contributed by atoms with Crippen LogP contribution in [-0.4, -0.2) is 32.1 Å². The molecule has 19 heavy (non-hydrogen) atoms. The second-order valence-corrected chi connectivity index (χ2v) is 5.40. The molecule has 2 heteroatoms. The topological polar surface area (TPSA) is 15.3 Å². The Hall–Kier alpha value is -1.80. The summed E-state index contributed by atoms with van der Waals surface area (Å²) in [6.07, 6.45) is 1.05. The molecule has 1 aliphatic carbocycles. The number of anilines is 1. The van der Waals surface area contributed by atoms with E-state index in [0.29, 0.717) is 0 Å². The lowest BCUT2D eigenvalue weighted by Gasteiger charge is -2.14. The fourth-order valence-electron chi connectivity index (χ4n) is 2.74. The summed E-state index contributed by atoms with van der Waals surface area (Å²) in [6.45, 7) is 2.04. The summed E-state index contributed by atoms with van der Waals surface area (Å²) in [5.41, 5.74) is 6.97. The molecule has 0 fully saturated rings. The Morgan fingerprint density at radius 1 is 1.00 bits per heavy atom. The average Bonchev–Trinajstić information content (AvgIpc) is 2.78. The van der Waals surface area contributed by atoms with Crippen molar-refractivity contribution in [2.45, 2.75) is 6.42 Å². The van der Waals surface area contributed by atoms with Crippen molar-refractivity contribution in [3.05, 3.63) is 53.6 Å². The number of benzene rings is 2. The number of hydrogen-bond donors (Lipinski definition) is 1. The van der Waals surface area contributed by atoms with Crippen LogP contribution in [-0.2, 0) is 6.42 Å². The Bertz CT molecular complexity index is 588. The normalized spacial score (nSPS) is 12.4. The van der Waals surface area contributed by atoms with Crippen LogP contribution in [0.25, 0.3) is 11.1 Å². The van der Waals surface area contributed by atoms with E-state index in [4.69, 9.17) is 0 Å². The van der Waals surface area contributed by atoms with Crippen LogP contribution in [0.4, 0.5) is 5.69 Å². The van der Waals surface area contributed by atoms with Crippen molar-refractivity contribution in [2.75, 3.05) is 32.5 Å². The molecular weight excluding hydrogens is 232 g/mol. The van der Waals surface area contributed by atoms with E-state index in [9.17, 15) is 0 Å². The first kappa shape index (κ1) is 12.2. The molecule has 0 aliphatic heterocycles. The molecule has 0 atom stereocenters. The first-order valence-electron chi connectivity index (χ1n) is 6.84. The van der Waals surface area contributed by atoms with E-state index < -0.39 is 0 Å². The van der Waals surface area contributed by atoms with Crippen molar-refractivity contribution >= 4 is 5.69 Å². The van der Waals surface area contributed by atoms with Crippen molar-refractivity contribution in [3.8, 4) is 11.1 Å². The van der Waals surface area contributed by atoms with Crippen LogP contribution in [0.5, 0.6) is 0 Å². The van der Waals surface area contributed by atoms with Crippen LogP contribution in [0, 0.1) is 0 Å². The summed E-state index contributed by atoms with van der Waals surface area (Å²) in [5, 5.41) is 3.57. The number of fused-ring (bicyclic) bond motifs is 3. The summed E-state index contributed by atoms with van der Waals surface area (Å²) in [7, 11) is 4.21. The molecule has 0 unspecified atom stereocenters. The van der Waals surface area contributed by atoms with Gasteiger partial charge in [0.2, 0.25) is 0 Å². The minimum absolute atomic E-state index is 0.986. The average molecular weight is 252 g/mol. The highest BCUT2D eigenvalue weighted by molar-refractivity contribution is 5.81. The second-order valence-electron chi connectivity index (χ2n) is 5.40. The van der Waals surface area contributed by atoms with Gasteiger partial charge in [0.15, 0.2) is 0 Å². The Kier molecular flexibility index (Phi) is 3.26. The Morgan fingerprint density at radius 3 is 2.63 bits per heavy atom. The molecule has 2 aromatic rings. The molecule has 0 amide bonds. The zero-order valence-corrected chi connectivity index (χ0v) is 11.6. The summed E-state index contributed by atoms with van der Waals surface area (Å²) in [5.74, 6) is 0. The smallest absolute Gasteiger partial charge is 0.0382 e. The fourth-order valence-corrected chi connectivity index (χ4v) is 2.74. The lowest BCUT2D eigenvalue weighted by molar-refractivity contribution is 0.425. The molecule has 0 bridgehead atoms. The third kappa shape index (κ3) is 2.36. The van der Waals surface area contributed by atoms with Gasteiger partial charge < -0.3 is 10.2 Å². The molecule has 1 aliphatic rings. The Balaban J connectivity index is 1.86. The van der Waals surface area contributed by atoms with Gasteiger partial charge in [0.05, 0.1) is 0 Å². The zero-order chi connectivity index (χ0) is 13.2. The highest BCUT2D eigenvalue weighted by atomic mass is 15.1. The summed E-state index contributed by atoms with van der Waals surface area (Å²) >= 11 is 0. The van der Waals surface area contributed by atoms with Crippen molar-refractivity contribution in [1.82, 2.24) is 4.90 Å². The molecule has 0 aromatic heterocycles. The summed E-state index contributed by atoms with van der Waals surface area (Å²) in [4.78, 5) is 2.20. The number of nitrogens with one attached hydrogen (secondary N) is 1. The molecule has 98 valence electrons. The predicted molar refractivity (Wildman–Crippen MR) is 81.7 cm³/mol. The third-order valence-electron chi connectivity index (χ3n) is 3.73. The van der Waals surface area contributed by atoms with Gasteiger partial charge in [0.25, 0.3) is 0 Å². The van der Waals surface area contributed by atoms with Gasteiger partial charge in [-0.25, -0.2) is 0 Å². The maximum absolute atomic E-state index is 3.57. The Morgan fingerprint density at radius 2 is 1.79 bits per heavy atom. The van der Waals surface area contributed by atoms with Crippen LogP contribution in [0.3, 0.4) is 0 Å². The van der Waals surface area contributed by atoms with Gasteiger partial charge in [-0.3, -0.25) is 0 Å². The van der Waals surface area contributed by atoms with Crippen molar-refractivity contribution < 1.29 is 0 Å². The van der Waals surface area contributed by atoms with E-state index in [-0.39, 0.29) is 0 Å². The minimum Gasteiger partial charge on any atom is -0.384 e. The van der Waals surface area contributed by atoms with Gasteiger partial charge >= 0.3 is 0 Å². The molecule has 0 saturated carbocycles. The van der Waals surface area contributed by atoms with Crippen molar-refractivity contribution in [2.24, 2.45) is 0 Å². The van der Waals surface area contributed by atoms with E-state index in [0.717, 1.165) is 19.5 Å². The number of rotatable bonds is 4. The monoisotopic (exact) mass is 252 g/mol. The van der Waals surface area contributed by atoms with Crippen LogP contribution < -0.4 is 5.32 Å². The third-order valence-corrected chi connectivity index (χ3v) is 3.73. The number of hydrogen-bond acceptors (Lipinski definition) is 2. The van der Waals surface area contributed by atoms with Gasteiger partial charge in [-0.05, 0) is 42.4 Å². The second kappa shape index (κ2) is 5.06. The standard InChI is InChI=1S/C17H20N2/c1-19(2)11-10-18-17-9-5-8-15-14-7-4-3-6-13(14)12-16(15)17/h3-9,18H,10-12H2,1-2H3. The first-order valence-corrected chi connectivity index (χ1v) is 6.84. The van der Waals surface area contributed by atoms with Gasteiger partial charge in [0.1, 0.15) is 0 Å². The molecule has 0 saturated heterocycles. The molecule has 2 nitrogen and oxygen atoms in total. The zero-order valence-electron chi connectivity index (χ0n) is 11.6. The van der Waals surface area contributed by atoms with E-state index >= 15 is 0 Å². The van der Waals surface area contributed by atoms with E-state index in [1.165, 1.54) is 27.9 Å². The lowest BCUT2D eigenvalue weighted by Crippen LogP contribution is -2.21. The molecule has 3 rings (SSSR count). The van der Waals surface area contributed by atoms with Crippen molar-refractivity contribution in [3.63, 3.8) is 0 Å². The number of nitrogens with zero attached hydrogens (tertiary/aromatic N) is 1. The largest absolute Gasteiger partial charge is 0.384 e. The van der Waals surface area contributed by atoms with Crippen LogP contribution in [0.2, 0.25) is 0 Å². The minimum atomic E-state index is 0.986. The predicted octanol–water partition coefficient (Wildman–Crippen LogP) is 3.23. The molecule has 2 aromatic carbocycles. The molecule has 0 radical (unpaired) electrons. The highest BCUT2D eigenvalue weighted by Crippen LogP contribution is 2.39. The molecule has 1 N–H and O–H groups in total. The number of likely N-dealkylation sites (N-methyl/N-ethyl adjacent to an activating group) is 1. The molecule has 0 spiro atoms. The SMILES string of the molecule is CN(C)CCNc1cccc2c1Cc1ccccc1-2. The van der Waals surface area contributed by atoms with Crippen LogP contribution >= 0.6 is 0 Å². The van der Waals surface area contributed by atoms with E-state index in [1.807, 2.05) is 0 Å². The van der Waals surface area contributed by atoms with Gasteiger partial charge in [-0.1, -0.05) is 36.4 Å². The van der Waals surface area contributed by atoms with E-state index in [2.05, 4.69) is 66.8 Å².